The van der Waals surface area contributed by atoms with Gasteiger partial charge in [0.1, 0.15) is 12.7 Å². The average Bonchev–Trinajstić information content (AvgIpc) is 3.10. The molecule has 1 heterocycles. The van der Waals surface area contributed by atoms with E-state index in [1.54, 1.807) is 29.2 Å². The van der Waals surface area contributed by atoms with E-state index in [1.807, 2.05) is 0 Å². The van der Waals surface area contributed by atoms with Crippen molar-refractivity contribution >= 4 is 23.2 Å². The summed E-state index contributed by atoms with van der Waals surface area (Å²) in [4.78, 5) is 15.8. The van der Waals surface area contributed by atoms with Gasteiger partial charge in [0, 0.05) is 11.1 Å². The minimum absolute atomic E-state index is 0.0967. The number of rotatable bonds is 5. The summed E-state index contributed by atoms with van der Waals surface area (Å²) in [6.07, 6.45) is 5.31. The molecule has 104 valence electrons. The minimum Gasteiger partial charge on any atom is -0.323 e. The molecule has 1 fully saturated rings. The molecule has 1 aromatic heterocycles. The van der Waals surface area contributed by atoms with Crippen molar-refractivity contribution in [3.8, 4) is 5.69 Å². The molecular formula is C13H14ClN5O. The molecule has 0 atom stereocenters. The van der Waals surface area contributed by atoms with Crippen LogP contribution in [0.5, 0.6) is 0 Å². The number of benzene rings is 1. The summed E-state index contributed by atoms with van der Waals surface area (Å²) in [5.74, 6) is -0.0967. The molecule has 6 nitrogen and oxygen atoms in total. The number of anilines is 1. The molecule has 0 aliphatic heterocycles. The first kappa shape index (κ1) is 13.1. The second kappa shape index (κ2) is 5.60. The summed E-state index contributed by atoms with van der Waals surface area (Å²) in [6.45, 7) is 0.300. The summed E-state index contributed by atoms with van der Waals surface area (Å²) >= 11 is 5.99. The van der Waals surface area contributed by atoms with Crippen molar-refractivity contribution in [3.05, 3.63) is 35.9 Å². The van der Waals surface area contributed by atoms with Crippen LogP contribution >= 0.6 is 11.6 Å². The van der Waals surface area contributed by atoms with Crippen LogP contribution in [0.2, 0.25) is 5.02 Å². The van der Waals surface area contributed by atoms with Gasteiger partial charge >= 0.3 is 0 Å². The normalized spacial score (nSPS) is 14.2. The number of nitrogens with zero attached hydrogens (tertiary/aromatic N) is 3. The van der Waals surface area contributed by atoms with Crippen molar-refractivity contribution < 1.29 is 4.79 Å². The van der Waals surface area contributed by atoms with Crippen LogP contribution in [0.3, 0.4) is 0 Å². The molecule has 3 rings (SSSR count). The molecule has 0 unspecified atom stereocenters. The van der Waals surface area contributed by atoms with E-state index in [0.29, 0.717) is 23.3 Å². The lowest BCUT2D eigenvalue weighted by Crippen LogP contribution is -2.29. The third kappa shape index (κ3) is 3.15. The fourth-order valence-corrected chi connectivity index (χ4v) is 2.03. The van der Waals surface area contributed by atoms with E-state index in [0.717, 1.165) is 18.5 Å². The lowest BCUT2D eigenvalue weighted by Gasteiger charge is -2.11. The molecule has 1 aliphatic carbocycles. The Morgan fingerprint density at radius 1 is 1.45 bits per heavy atom. The zero-order chi connectivity index (χ0) is 13.9. The Morgan fingerprint density at radius 3 is 3.00 bits per heavy atom. The smallest absolute Gasteiger partial charge is 0.238 e. The Labute approximate surface area is 121 Å². The highest BCUT2D eigenvalue weighted by atomic mass is 35.5. The lowest BCUT2D eigenvalue weighted by molar-refractivity contribution is -0.115. The second-order valence-electron chi connectivity index (χ2n) is 4.70. The van der Waals surface area contributed by atoms with Gasteiger partial charge in [0.2, 0.25) is 5.91 Å². The van der Waals surface area contributed by atoms with Gasteiger partial charge in [0.15, 0.2) is 0 Å². The van der Waals surface area contributed by atoms with Crippen LogP contribution in [0.4, 0.5) is 5.69 Å². The highest BCUT2D eigenvalue weighted by Crippen LogP contribution is 2.24. The van der Waals surface area contributed by atoms with E-state index in [1.165, 1.54) is 6.33 Å². The summed E-state index contributed by atoms with van der Waals surface area (Å²) < 4.78 is 1.58. The van der Waals surface area contributed by atoms with Crippen LogP contribution in [0.1, 0.15) is 12.8 Å². The molecule has 7 heteroatoms. The molecule has 1 amide bonds. The Bertz CT molecular complexity index is 609. The molecule has 0 bridgehead atoms. The number of carbonyl (C=O) groups excluding carboxylic acids is 1. The number of halogens is 1. The van der Waals surface area contributed by atoms with Gasteiger partial charge in [-0.1, -0.05) is 11.6 Å². The van der Waals surface area contributed by atoms with Crippen LogP contribution in [0.15, 0.2) is 30.9 Å². The van der Waals surface area contributed by atoms with Gasteiger partial charge in [-0.05, 0) is 31.0 Å². The Kier molecular flexibility index (Phi) is 3.66. The van der Waals surface area contributed by atoms with Crippen molar-refractivity contribution in [1.82, 2.24) is 20.1 Å². The molecule has 1 saturated carbocycles. The summed E-state index contributed by atoms with van der Waals surface area (Å²) in [7, 11) is 0. The van der Waals surface area contributed by atoms with Crippen molar-refractivity contribution in [1.29, 1.82) is 0 Å². The van der Waals surface area contributed by atoms with Gasteiger partial charge in [-0.2, -0.15) is 5.10 Å². The van der Waals surface area contributed by atoms with E-state index in [2.05, 4.69) is 20.7 Å². The number of nitrogens with one attached hydrogen (secondary N) is 2. The molecule has 1 aromatic carbocycles. The predicted octanol–water partition coefficient (Wildman–Crippen LogP) is 1.61. The third-order valence-electron chi connectivity index (χ3n) is 3.03. The van der Waals surface area contributed by atoms with E-state index in [9.17, 15) is 4.79 Å². The van der Waals surface area contributed by atoms with Gasteiger partial charge in [0.05, 0.1) is 17.9 Å². The van der Waals surface area contributed by atoms with Gasteiger partial charge in [-0.3, -0.25) is 4.79 Å². The summed E-state index contributed by atoms with van der Waals surface area (Å²) in [5, 5.41) is 10.6. The van der Waals surface area contributed by atoms with Crippen LogP contribution in [-0.2, 0) is 4.79 Å². The number of hydrogen-bond acceptors (Lipinski definition) is 4. The van der Waals surface area contributed by atoms with Crippen LogP contribution in [-0.4, -0.2) is 33.3 Å². The highest BCUT2D eigenvalue weighted by Gasteiger charge is 2.21. The molecule has 20 heavy (non-hydrogen) atoms. The van der Waals surface area contributed by atoms with Crippen molar-refractivity contribution in [3.63, 3.8) is 0 Å². The van der Waals surface area contributed by atoms with Crippen LogP contribution in [0, 0.1) is 0 Å². The van der Waals surface area contributed by atoms with E-state index in [4.69, 9.17) is 11.6 Å². The van der Waals surface area contributed by atoms with E-state index < -0.39 is 0 Å². The highest BCUT2D eigenvalue weighted by molar-refractivity contribution is 6.31. The van der Waals surface area contributed by atoms with Crippen molar-refractivity contribution in [2.75, 3.05) is 11.9 Å². The first-order chi connectivity index (χ1) is 9.72. The quantitative estimate of drug-likeness (QED) is 0.878. The van der Waals surface area contributed by atoms with Crippen LogP contribution < -0.4 is 10.6 Å². The Hall–Kier alpha value is -1.92. The predicted molar refractivity (Wildman–Crippen MR) is 76.0 cm³/mol. The summed E-state index contributed by atoms with van der Waals surface area (Å²) in [6, 6.07) is 5.74. The Balaban J connectivity index is 1.76. The molecule has 2 N–H and O–H groups in total. The number of hydrogen-bond donors (Lipinski definition) is 2. The molecule has 1 aliphatic rings. The zero-order valence-electron chi connectivity index (χ0n) is 10.7. The Morgan fingerprint density at radius 2 is 2.30 bits per heavy atom. The number of carbonyl (C=O) groups is 1. The van der Waals surface area contributed by atoms with E-state index in [-0.39, 0.29) is 5.91 Å². The van der Waals surface area contributed by atoms with E-state index >= 15 is 0 Å². The van der Waals surface area contributed by atoms with Crippen molar-refractivity contribution in [2.24, 2.45) is 0 Å². The first-order valence-corrected chi connectivity index (χ1v) is 6.78. The molecular weight excluding hydrogens is 278 g/mol. The maximum absolute atomic E-state index is 11.9. The van der Waals surface area contributed by atoms with Gasteiger partial charge in [0.25, 0.3) is 0 Å². The number of amides is 1. The topological polar surface area (TPSA) is 71.8 Å². The fraction of sp³-hybridized carbons (Fsp3) is 0.308. The van der Waals surface area contributed by atoms with Gasteiger partial charge in [-0.25, -0.2) is 9.67 Å². The maximum Gasteiger partial charge on any atom is 0.238 e. The van der Waals surface area contributed by atoms with Crippen molar-refractivity contribution in [2.45, 2.75) is 18.9 Å². The van der Waals surface area contributed by atoms with Gasteiger partial charge in [-0.15, -0.1) is 0 Å². The second-order valence-corrected chi connectivity index (χ2v) is 5.14. The minimum atomic E-state index is -0.0967. The maximum atomic E-state index is 11.9. The average molecular weight is 292 g/mol. The zero-order valence-corrected chi connectivity index (χ0v) is 11.5. The SMILES string of the molecule is O=C(CNC1CC1)Nc1cc(Cl)ccc1-n1cncn1. The molecule has 0 spiro atoms. The standard InChI is InChI=1S/C13H14ClN5O/c14-9-1-4-12(19-8-15-7-17-19)11(5-9)18-13(20)6-16-10-2-3-10/h1,4-5,7-8,10,16H,2-3,6H2,(H,18,20). The molecule has 0 saturated heterocycles. The summed E-state index contributed by atoms with van der Waals surface area (Å²) in [5.41, 5.74) is 1.34. The third-order valence-corrected chi connectivity index (χ3v) is 3.26. The number of aromatic nitrogens is 3. The lowest BCUT2D eigenvalue weighted by atomic mass is 10.2. The largest absolute Gasteiger partial charge is 0.323 e. The molecule has 0 radical (unpaired) electrons. The molecule has 2 aromatic rings. The van der Waals surface area contributed by atoms with Crippen LogP contribution in [0.25, 0.3) is 5.69 Å². The monoisotopic (exact) mass is 291 g/mol. The van der Waals surface area contributed by atoms with Gasteiger partial charge < -0.3 is 10.6 Å². The fourth-order valence-electron chi connectivity index (χ4n) is 1.86. The first-order valence-electron chi connectivity index (χ1n) is 6.40.